The summed E-state index contributed by atoms with van der Waals surface area (Å²) in [5.74, 6) is 0. The molecule has 0 aliphatic heterocycles. The first kappa shape index (κ1) is 10.5. The number of hydrogen-bond donors (Lipinski definition) is 1. The minimum absolute atomic E-state index is 0.00514. The number of nitriles is 1. The van der Waals surface area contributed by atoms with Crippen LogP contribution < -0.4 is 5.32 Å². The van der Waals surface area contributed by atoms with Gasteiger partial charge in [-0.15, -0.1) is 0 Å². The molecule has 1 saturated carbocycles. The lowest BCUT2D eigenvalue weighted by Crippen LogP contribution is -2.39. The standard InChI is InChI=1S/C10H19N3/c1-3-6-12-9(7-11)8-13(2)10-4-5-10/h9-10,12H,3-6,8H2,1-2H3. The summed E-state index contributed by atoms with van der Waals surface area (Å²) < 4.78 is 0. The van der Waals surface area contributed by atoms with E-state index in [0.717, 1.165) is 25.6 Å². The molecule has 0 bridgehead atoms. The van der Waals surface area contributed by atoms with Crippen molar-refractivity contribution in [2.75, 3.05) is 20.1 Å². The molecule has 13 heavy (non-hydrogen) atoms. The van der Waals surface area contributed by atoms with Crippen molar-refractivity contribution in [1.82, 2.24) is 10.2 Å². The van der Waals surface area contributed by atoms with E-state index in [4.69, 9.17) is 5.26 Å². The van der Waals surface area contributed by atoms with E-state index in [1.807, 2.05) is 0 Å². The summed E-state index contributed by atoms with van der Waals surface area (Å²) in [6, 6.07) is 3.05. The van der Waals surface area contributed by atoms with Crippen molar-refractivity contribution >= 4 is 0 Å². The monoisotopic (exact) mass is 181 g/mol. The fourth-order valence-corrected chi connectivity index (χ4v) is 1.42. The highest BCUT2D eigenvalue weighted by Gasteiger charge is 2.27. The van der Waals surface area contributed by atoms with Crippen molar-refractivity contribution in [3.63, 3.8) is 0 Å². The predicted octanol–water partition coefficient (Wildman–Crippen LogP) is 0.972. The van der Waals surface area contributed by atoms with Gasteiger partial charge in [-0.25, -0.2) is 0 Å². The van der Waals surface area contributed by atoms with Gasteiger partial charge >= 0.3 is 0 Å². The maximum atomic E-state index is 8.86. The molecule has 0 aromatic rings. The smallest absolute Gasteiger partial charge is 0.108 e. The molecule has 1 N–H and O–H groups in total. The number of nitrogens with one attached hydrogen (secondary N) is 1. The van der Waals surface area contributed by atoms with Gasteiger partial charge in [-0.3, -0.25) is 0 Å². The van der Waals surface area contributed by atoms with Crippen molar-refractivity contribution in [1.29, 1.82) is 5.26 Å². The molecule has 1 rings (SSSR count). The highest BCUT2D eigenvalue weighted by molar-refractivity contribution is 4.94. The summed E-state index contributed by atoms with van der Waals surface area (Å²) in [6.07, 6.45) is 3.70. The van der Waals surface area contributed by atoms with Crippen molar-refractivity contribution < 1.29 is 0 Å². The van der Waals surface area contributed by atoms with E-state index in [-0.39, 0.29) is 6.04 Å². The molecule has 0 aromatic carbocycles. The van der Waals surface area contributed by atoms with Crippen molar-refractivity contribution in [2.45, 2.75) is 38.3 Å². The van der Waals surface area contributed by atoms with Crippen molar-refractivity contribution in [3.8, 4) is 6.07 Å². The average molecular weight is 181 g/mol. The molecular formula is C10H19N3. The van der Waals surface area contributed by atoms with E-state index in [0.29, 0.717) is 0 Å². The first-order chi connectivity index (χ1) is 6.27. The first-order valence-corrected chi connectivity index (χ1v) is 5.11. The zero-order valence-electron chi connectivity index (χ0n) is 8.58. The summed E-state index contributed by atoms with van der Waals surface area (Å²) in [5, 5.41) is 12.1. The van der Waals surface area contributed by atoms with Gasteiger partial charge in [-0.1, -0.05) is 6.92 Å². The zero-order valence-corrected chi connectivity index (χ0v) is 8.58. The van der Waals surface area contributed by atoms with Gasteiger partial charge in [0.05, 0.1) is 6.07 Å². The third kappa shape index (κ3) is 3.75. The third-order valence-corrected chi connectivity index (χ3v) is 2.44. The minimum Gasteiger partial charge on any atom is -0.301 e. The van der Waals surface area contributed by atoms with Crippen LogP contribution in [-0.2, 0) is 0 Å². The van der Waals surface area contributed by atoms with Crippen LogP contribution in [-0.4, -0.2) is 37.1 Å². The second kappa shape index (κ2) is 5.21. The van der Waals surface area contributed by atoms with Crippen LogP contribution in [0, 0.1) is 11.3 Å². The molecule has 0 heterocycles. The molecule has 74 valence electrons. The van der Waals surface area contributed by atoms with Gasteiger partial charge in [0.2, 0.25) is 0 Å². The molecule has 1 unspecified atom stereocenters. The lowest BCUT2D eigenvalue weighted by Gasteiger charge is -2.19. The highest BCUT2D eigenvalue weighted by atomic mass is 15.2. The largest absolute Gasteiger partial charge is 0.301 e. The van der Waals surface area contributed by atoms with E-state index in [2.05, 4.69) is 30.3 Å². The average Bonchev–Trinajstić information content (AvgIpc) is 2.94. The molecule has 0 saturated heterocycles. The van der Waals surface area contributed by atoms with E-state index < -0.39 is 0 Å². The van der Waals surface area contributed by atoms with Crippen LogP contribution in [0.4, 0.5) is 0 Å². The quantitative estimate of drug-likeness (QED) is 0.663. The molecule has 3 heteroatoms. The fourth-order valence-electron chi connectivity index (χ4n) is 1.42. The Morgan fingerprint density at radius 1 is 1.62 bits per heavy atom. The molecule has 1 fully saturated rings. The van der Waals surface area contributed by atoms with E-state index in [9.17, 15) is 0 Å². The number of nitrogens with zero attached hydrogens (tertiary/aromatic N) is 2. The predicted molar refractivity (Wildman–Crippen MR) is 53.3 cm³/mol. The Morgan fingerprint density at radius 3 is 2.77 bits per heavy atom. The summed E-state index contributed by atoms with van der Waals surface area (Å²) in [4.78, 5) is 2.29. The molecule has 0 spiro atoms. The van der Waals surface area contributed by atoms with Gasteiger partial charge in [0, 0.05) is 12.6 Å². The lowest BCUT2D eigenvalue weighted by atomic mass is 10.3. The fraction of sp³-hybridized carbons (Fsp3) is 0.900. The SMILES string of the molecule is CCCNC(C#N)CN(C)C1CC1. The van der Waals surface area contributed by atoms with Gasteiger partial charge < -0.3 is 10.2 Å². The van der Waals surface area contributed by atoms with Crippen LogP contribution in [0.3, 0.4) is 0 Å². The molecule has 0 amide bonds. The van der Waals surface area contributed by atoms with E-state index in [1.54, 1.807) is 0 Å². The molecule has 1 aliphatic rings. The normalized spacial score (nSPS) is 18.6. The Balaban J connectivity index is 2.18. The Hall–Kier alpha value is -0.590. The van der Waals surface area contributed by atoms with Crippen LogP contribution >= 0.6 is 0 Å². The van der Waals surface area contributed by atoms with Crippen molar-refractivity contribution in [3.05, 3.63) is 0 Å². The van der Waals surface area contributed by atoms with Crippen LogP contribution in [0.25, 0.3) is 0 Å². The number of rotatable bonds is 6. The van der Waals surface area contributed by atoms with Gasteiger partial charge in [-0.05, 0) is 32.9 Å². The van der Waals surface area contributed by atoms with Gasteiger partial charge in [-0.2, -0.15) is 5.26 Å². The van der Waals surface area contributed by atoms with Crippen LogP contribution in [0.2, 0.25) is 0 Å². The number of hydrogen-bond acceptors (Lipinski definition) is 3. The molecule has 1 aliphatic carbocycles. The Kier molecular flexibility index (Phi) is 4.20. The molecule has 1 atom stereocenters. The molecule has 3 nitrogen and oxygen atoms in total. The summed E-state index contributed by atoms with van der Waals surface area (Å²) in [7, 11) is 2.11. The molecule has 0 radical (unpaired) electrons. The summed E-state index contributed by atoms with van der Waals surface area (Å²) >= 11 is 0. The summed E-state index contributed by atoms with van der Waals surface area (Å²) in [5.41, 5.74) is 0. The number of likely N-dealkylation sites (N-methyl/N-ethyl adjacent to an activating group) is 1. The highest BCUT2D eigenvalue weighted by Crippen LogP contribution is 2.25. The van der Waals surface area contributed by atoms with E-state index >= 15 is 0 Å². The van der Waals surface area contributed by atoms with Gasteiger partial charge in [0.25, 0.3) is 0 Å². The topological polar surface area (TPSA) is 39.1 Å². The van der Waals surface area contributed by atoms with Gasteiger partial charge in [0.15, 0.2) is 0 Å². The first-order valence-electron chi connectivity index (χ1n) is 5.11. The second-order valence-corrected chi connectivity index (χ2v) is 3.81. The molecule has 0 aromatic heterocycles. The van der Waals surface area contributed by atoms with Gasteiger partial charge in [0.1, 0.15) is 6.04 Å². The lowest BCUT2D eigenvalue weighted by molar-refractivity contribution is 0.301. The zero-order chi connectivity index (χ0) is 9.68. The Bertz CT molecular complexity index is 181. The van der Waals surface area contributed by atoms with Crippen LogP contribution in [0.15, 0.2) is 0 Å². The third-order valence-electron chi connectivity index (χ3n) is 2.44. The maximum absolute atomic E-state index is 8.86. The second-order valence-electron chi connectivity index (χ2n) is 3.81. The Labute approximate surface area is 80.7 Å². The van der Waals surface area contributed by atoms with Crippen LogP contribution in [0.1, 0.15) is 26.2 Å². The Morgan fingerprint density at radius 2 is 2.31 bits per heavy atom. The van der Waals surface area contributed by atoms with Crippen molar-refractivity contribution in [2.24, 2.45) is 0 Å². The summed E-state index contributed by atoms with van der Waals surface area (Å²) in [6.45, 7) is 3.92. The van der Waals surface area contributed by atoms with Crippen LogP contribution in [0.5, 0.6) is 0 Å². The molecular weight excluding hydrogens is 162 g/mol. The maximum Gasteiger partial charge on any atom is 0.108 e. The minimum atomic E-state index is 0.00514. The van der Waals surface area contributed by atoms with E-state index in [1.165, 1.54) is 12.8 Å².